The maximum Gasteiger partial charge on any atom is 0.307 e. The number of hydrogen-bond donors (Lipinski definition) is 1. The molecule has 1 saturated carbocycles. The van der Waals surface area contributed by atoms with Gasteiger partial charge in [-0.15, -0.1) is 0 Å². The first kappa shape index (κ1) is 8.04. The molecule has 0 aliphatic heterocycles. The topological polar surface area (TPSA) is 67.5 Å². The summed E-state index contributed by atoms with van der Waals surface area (Å²) in [6, 6.07) is 3.22. The smallest absolute Gasteiger partial charge is 0.307 e. The molecule has 0 radical (unpaired) electrons. The van der Waals surface area contributed by atoms with E-state index in [0.717, 1.165) is 0 Å². The first-order valence-corrected chi connectivity index (χ1v) is 4.00. The van der Waals surface area contributed by atoms with Crippen LogP contribution in [-0.4, -0.2) is 17.4 Å². The Morgan fingerprint density at radius 1 is 1.62 bits per heavy atom. The molecule has 1 aromatic heterocycles. The first-order chi connectivity index (χ1) is 6.22. The van der Waals surface area contributed by atoms with Gasteiger partial charge in [0.25, 0.3) is 0 Å². The second-order valence-corrected chi connectivity index (χ2v) is 3.14. The summed E-state index contributed by atoms with van der Waals surface area (Å²) in [6.45, 7) is 0. The molecular weight excluding hydrogens is 172 g/mol. The van der Waals surface area contributed by atoms with Crippen LogP contribution in [-0.2, 0) is 4.79 Å². The van der Waals surface area contributed by atoms with E-state index in [4.69, 9.17) is 9.52 Å². The molecule has 1 aromatic rings. The number of aliphatic carboxylic acids is 1. The summed E-state index contributed by atoms with van der Waals surface area (Å²) < 4.78 is 5.11. The van der Waals surface area contributed by atoms with Crippen LogP contribution in [0, 0.1) is 5.92 Å². The van der Waals surface area contributed by atoms with Gasteiger partial charge in [-0.3, -0.25) is 9.59 Å². The summed E-state index contributed by atoms with van der Waals surface area (Å²) in [5.74, 6) is -0.300. The van der Waals surface area contributed by atoms with Gasteiger partial charge >= 0.3 is 5.97 Å². The monoisotopic (exact) mass is 180 g/mol. The Morgan fingerprint density at radius 3 is 2.85 bits per heavy atom. The molecule has 0 amide bonds. The lowest BCUT2D eigenvalue weighted by Gasteiger charge is -1.89. The fourth-order valence-electron chi connectivity index (χ4n) is 1.41. The largest absolute Gasteiger partial charge is 0.481 e. The van der Waals surface area contributed by atoms with Gasteiger partial charge in [-0.25, -0.2) is 0 Å². The van der Waals surface area contributed by atoms with E-state index < -0.39 is 5.97 Å². The Kier molecular flexibility index (Phi) is 1.69. The van der Waals surface area contributed by atoms with Crippen LogP contribution in [0.4, 0.5) is 0 Å². The molecule has 1 aliphatic carbocycles. The first-order valence-electron chi connectivity index (χ1n) is 4.00. The SMILES string of the molecule is O=Cc1ccc([C@H]2C[C@H]2C(=O)O)o1. The molecule has 1 fully saturated rings. The van der Waals surface area contributed by atoms with Gasteiger partial charge in [0.2, 0.25) is 0 Å². The van der Waals surface area contributed by atoms with Crippen LogP contribution < -0.4 is 0 Å². The average Bonchev–Trinajstić information content (AvgIpc) is 2.78. The predicted octanol–water partition coefficient (Wildman–Crippen LogP) is 1.28. The summed E-state index contributed by atoms with van der Waals surface area (Å²) >= 11 is 0. The van der Waals surface area contributed by atoms with Gasteiger partial charge in [-0.1, -0.05) is 0 Å². The van der Waals surface area contributed by atoms with Crippen LogP contribution in [0.5, 0.6) is 0 Å². The van der Waals surface area contributed by atoms with E-state index in [9.17, 15) is 9.59 Å². The molecular formula is C9H8O4. The number of carbonyl (C=O) groups is 2. The number of carboxylic acid groups (broad SMARTS) is 1. The summed E-state index contributed by atoms with van der Waals surface area (Å²) in [7, 11) is 0. The van der Waals surface area contributed by atoms with Crippen molar-refractivity contribution in [3.63, 3.8) is 0 Å². The van der Waals surface area contributed by atoms with Crippen molar-refractivity contribution in [2.24, 2.45) is 5.92 Å². The lowest BCUT2D eigenvalue weighted by molar-refractivity contribution is -0.138. The van der Waals surface area contributed by atoms with Gasteiger partial charge in [0.1, 0.15) is 5.76 Å². The van der Waals surface area contributed by atoms with Gasteiger partial charge in [0.15, 0.2) is 12.0 Å². The van der Waals surface area contributed by atoms with E-state index in [1.807, 2.05) is 0 Å². The minimum Gasteiger partial charge on any atom is -0.481 e. The van der Waals surface area contributed by atoms with Crippen molar-refractivity contribution in [3.8, 4) is 0 Å². The van der Waals surface area contributed by atoms with Crippen molar-refractivity contribution in [1.29, 1.82) is 0 Å². The van der Waals surface area contributed by atoms with E-state index in [0.29, 0.717) is 18.5 Å². The fraction of sp³-hybridized carbons (Fsp3) is 0.333. The molecule has 0 bridgehead atoms. The number of rotatable bonds is 3. The highest BCUT2D eigenvalue weighted by Crippen LogP contribution is 2.47. The van der Waals surface area contributed by atoms with Crippen molar-refractivity contribution < 1.29 is 19.1 Å². The van der Waals surface area contributed by atoms with Gasteiger partial charge in [0, 0.05) is 5.92 Å². The molecule has 4 heteroatoms. The van der Waals surface area contributed by atoms with Gasteiger partial charge in [0.05, 0.1) is 5.92 Å². The number of furan rings is 1. The zero-order valence-electron chi connectivity index (χ0n) is 6.77. The van der Waals surface area contributed by atoms with E-state index in [1.165, 1.54) is 0 Å². The molecule has 13 heavy (non-hydrogen) atoms. The highest BCUT2D eigenvalue weighted by molar-refractivity contribution is 5.75. The average molecular weight is 180 g/mol. The third-order valence-corrected chi connectivity index (χ3v) is 2.24. The predicted molar refractivity (Wildman–Crippen MR) is 42.6 cm³/mol. The molecule has 0 aromatic carbocycles. The van der Waals surface area contributed by atoms with Crippen molar-refractivity contribution in [1.82, 2.24) is 0 Å². The molecule has 1 aliphatic rings. The minimum atomic E-state index is -0.797. The quantitative estimate of drug-likeness (QED) is 0.711. The molecule has 0 saturated heterocycles. The van der Waals surface area contributed by atoms with Crippen LogP contribution in [0.25, 0.3) is 0 Å². The summed E-state index contributed by atoms with van der Waals surface area (Å²) in [5.41, 5.74) is 0. The maximum absolute atomic E-state index is 10.5. The van der Waals surface area contributed by atoms with Crippen LogP contribution in [0.1, 0.15) is 28.7 Å². The van der Waals surface area contributed by atoms with Crippen molar-refractivity contribution in [2.45, 2.75) is 12.3 Å². The second-order valence-electron chi connectivity index (χ2n) is 3.14. The van der Waals surface area contributed by atoms with Gasteiger partial charge < -0.3 is 9.52 Å². The number of hydrogen-bond acceptors (Lipinski definition) is 3. The zero-order valence-corrected chi connectivity index (χ0v) is 6.77. The van der Waals surface area contributed by atoms with Crippen LogP contribution >= 0.6 is 0 Å². The molecule has 1 N–H and O–H groups in total. The Labute approximate surface area is 74.2 Å². The minimum absolute atomic E-state index is 0.0359. The highest BCUT2D eigenvalue weighted by Gasteiger charge is 2.46. The number of aldehydes is 1. The molecule has 0 spiro atoms. The zero-order chi connectivity index (χ0) is 9.42. The standard InChI is InChI=1S/C9H8O4/c10-4-5-1-2-8(13-5)6-3-7(6)9(11)12/h1-2,4,6-7H,3H2,(H,11,12)/t6-,7+/m0/s1. The fourth-order valence-corrected chi connectivity index (χ4v) is 1.41. The molecule has 68 valence electrons. The molecule has 2 atom stereocenters. The van der Waals surface area contributed by atoms with Crippen molar-refractivity contribution >= 4 is 12.3 Å². The normalized spacial score (nSPS) is 25.5. The third kappa shape index (κ3) is 1.35. The molecule has 2 rings (SSSR count). The Balaban J connectivity index is 2.11. The Morgan fingerprint density at radius 2 is 2.38 bits per heavy atom. The lowest BCUT2D eigenvalue weighted by atomic mass is 10.2. The molecule has 4 nitrogen and oxygen atoms in total. The Bertz CT molecular complexity index is 352. The molecule has 1 heterocycles. The Hall–Kier alpha value is -1.58. The van der Waals surface area contributed by atoms with E-state index in [2.05, 4.69) is 0 Å². The van der Waals surface area contributed by atoms with Gasteiger partial charge in [-0.2, -0.15) is 0 Å². The summed E-state index contributed by atoms with van der Waals surface area (Å²) in [6.07, 6.45) is 1.22. The molecule has 0 unspecified atom stereocenters. The second kappa shape index (κ2) is 2.73. The van der Waals surface area contributed by atoms with Crippen molar-refractivity contribution in [3.05, 3.63) is 23.7 Å². The van der Waals surface area contributed by atoms with E-state index in [1.54, 1.807) is 12.1 Å². The lowest BCUT2D eigenvalue weighted by Crippen LogP contribution is -1.98. The highest BCUT2D eigenvalue weighted by atomic mass is 16.4. The van der Waals surface area contributed by atoms with Crippen LogP contribution in [0.3, 0.4) is 0 Å². The van der Waals surface area contributed by atoms with Crippen molar-refractivity contribution in [2.75, 3.05) is 0 Å². The third-order valence-electron chi connectivity index (χ3n) is 2.24. The summed E-state index contributed by atoms with van der Waals surface area (Å²) in [4.78, 5) is 20.8. The summed E-state index contributed by atoms with van der Waals surface area (Å²) in [5, 5.41) is 8.64. The van der Waals surface area contributed by atoms with E-state index in [-0.39, 0.29) is 17.6 Å². The number of carbonyl (C=O) groups excluding carboxylic acids is 1. The van der Waals surface area contributed by atoms with E-state index >= 15 is 0 Å². The van der Waals surface area contributed by atoms with Gasteiger partial charge in [-0.05, 0) is 18.6 Å². The van der Waals surface area contributed by atoms with Crippen LogP contribution in [0.2, 0.25) is 0 Å². The number of carboxylic acids is 1. The maximum atomic E-state index is 10.5. The van der Waals surface area contributed by atoms with Crippen LogP contribution in [0.15, 0.2) is 16.5 Å².